The lowest BCUT2D eigenvalue weighted by Crippen LogP contribution is -1.98. The molecule has 0 aliphatic carbocycles. The average molecular weight is 113 g/mol. The van der Waals surface area contributed by atoms with Gasteiger partial charge in [-0.2, -0.15) is 0 Å². The highest BCUT2D eigenvalue weighted by Crippen LogP contribution is 1.83. The van der Waals surface area contributed by atoms with Gasteiger partial charge >= 0.3 is 0 Å². The van der Waals surface area contributed by atoms with Gasteiger partial charge in [0.1, 0.15) is 0 Å². The molecule has 46 valence electrons. The van der Waals surface area contributed by atoms with Crippen LogP contribution in [0.2, 0.25) is 0 Å². The molecule has 0 aliphatic rings. The predicted octanol–water partition coefficient (Wildman–Crippen LogP) is 0.478. The molecular weight excluding hydrogens is 102 g/mol. The minimum absolute atomic E-state index is 0.695. The Labute approximate surface area is 49.1 Å². The monoisotopic (exact) mass is 113 g/mol. The first-order chi connectivity index (χ1) is 3.91. The molecule has 3 nitrogen and oxygen atoms in total. The van der Waals surface area contributed by atoms with Crippen LogP contribution in [-0.4, -0.2) is 19.1 Å². The van der Waals surface area contributed by atoms with Crippen molar-refractivity contribution >= 4 is 6.01 Å². The second kappa shape index (κ2) is 6.34. The van der Waals surface area contributed by atoms with Crippen LogP contribution < -0.4 is 5.73 Å². The van der Waals surface area contributed by atoms with Crippen molar-refractivity contribution in [2.45, 2.75) is 12.8 Å². The normalized spacial score (nSPS) is 8.12. The van der Waals surface area contributed by atoms with Gasteiger partial charge in [0, 0.05) is 6.54 Å². The third-order valence-electron chi connectivity index (χ3n) is 0.803. The summed E-state index contributed by atoms with van der Waals surface area (Å²) in [5.41, 5.74) is 5.20. The molecule has 0 radical (unpaired) electrons. The predicted molar refractivity (Wildman–Crippen MR) is 33.3 cm³/mol. The number of nitrogens with zero attached hydrogens (tertiary/aromatic N) is 1. The average Bonchev–Trinajstić information content (AvgIpc) is 1.81. The fourth-order valence-electron chi connectivity index (χ4n) is 0.391. The van der Waals surface area contributed by atoms with Crippen molar-refractivity contribution in [3.8, 4) is 0 Å². The molecule has 0 bridgehead atoms. The van der Waals surface area contributed by atoms with Gasteiger partial charge in [0.05, 0.1) is 6.01 Å². The number of hydrogen-bond acceptors (Lipinski definition) is 3. The molecule has 3 heteroatoms. The lowest BCUT2D eigenvalue weighted by molar-refractivity contribution is 0.757. The Morgan fingerprint density at radius 2 is 2.25 bits per heavy atom. The number of nitrogens with one attached hydrogen (secondary N) is 1. The molecule has 0 unspecified atom stereocenters. The molecule has 0 heterocycles. The van der Waals surface area contributed by atoms with Crippen LogP contribution in [0, 0.1) is 5.41 Å². The van der Waals surface area contributed by atoms with Gasteiger partial charge < -0.3 is 5.73 Å². The Bertz CT molecular complexity index is 83.7. The summed E-state index contributed by atoms with van der Waals surface area (Å²) in [6.45, 7) is 1.41. The molecule has 0 rings (SSSR count). The van der Waals surface area contributed by atoms with E-state index in [1.54, 1.807) is 0 Å². The fraction of sp³-hybridized carbons (Fsp3) is 0.800. The maximum absolute atomic E-state index is 6.39. The van der Waals surface area contributed by atoms with Crippen LogP contribution in [-0.2, 0) is 0 Å². The molecule has 0 amide bonds. The molecule has 3 N–H and O–H groups in total. The van der Waals surface area contributed by atoms with E-state index in [-0.39, 0.29) is 0 Å². The second-order valence-corrected chi connectivity index (χ2v) is 1.49. The topological polar surface area (TPSA) is 62.2 Å². The maximum Gasteiger partial charge on any atom is 0.0861 e. The third kappa shape index (κ3) is 5.34. The summed E-state index contributed by atoms with van der Waals surface area (Å²) in [5.74, 6) is 0. The second-order valence-electron chi connectivity index (χ2n) is 1.49. The molecule has 0 atom stereocenters. The zero-order valence-corrected chi connectivity index (χ0v) is 4.85. The van der Waals surface area contributed by atoms with Gasteiger partial charge in [-0.3, -0.25) is 0 Å². The minimum atomic E-state index is 0.695. The van der Waals surface area contributed by atoms with Crippen LogP contribution in [0.15, 0.2) is 4.99 Å². The van der Waals surface area contributed by atoms with Crippen molar-refractivity contribution in [3.05, 3.63) is 0 Å². The van der Waals surface area contributed by atoms with Crippen LogP contribution >= 0.6 is 0 Å². The van der Waals surface area contributed by atoms with Gasteiger partial charge in [-0.15, -0.1) is 0 Å². The van der Waals surface area contributed by atoms with E-state index in [0.717, 1.165) is 12.8 Å². The van der Waals surface area contributed by atoms with Gasteiger partial charge in [0.2, 0.25) is 0 Å². The van der Waals surface area contributed by atoms with Crippen LogP contribution in [0.1, 0.15) is 12.8 Å². The smallest absolute Gasteiger partial charge is 0.0861 e. The summed E-state index contributed by atoms with van der Waals surface area (Å²) in [4.78, 5) is 3.57. The maximum atomic E-state index is 6.39. The summed E-state index contributed by atoms with van der Waals surface area (Å²) in [6.07, 6.45) is 1.97. The largest absolute Gasteiger partial charge is 0.330 e. The van der Waals surface area contributed by atoms with E-state index in [1.165, 1.54) is 0 Å². The SMILES string of the molecule is N=C=NCCCCN. The molecular formula is C5H11N3. The van der Waals surface area contributed by atoms with E-state index in [9.17, 15) is 0 Å². The van der Waals surface area contributed by atoms with Gasteiger partial charge in [0.25, 0.3) is 0 Å². The van der Waals surface area contributed by atoms with Crippen LogP contribution in [0.25, 0.3) is 0 Å². The first-order valence-electron chi connectivity index (χ1n) is 2.70. The summed E-state index contributed by atoms with van der Waals surface area (Å²) in [7, 11) is 0. The highest BCUT2D eigenvalue weighted by Gasteiger charge is 1.79. The third-order valence-corrected chi connectivity index (χ3v) is 0.803. The summed E-state index contributed by atoms with van der Waals surface area (Å²) >= 11 is 0. The summed E-state index contributed by atoms with van der Waals surface area (Å²) < 4.78 is 0. The van der Waals surface area contributed by atoms with Gasteiger partial charge in [0.15, 0.2) is 0 Å². The zero-order valence-electron chi connectivity index (χ0n) is 4.85. The van der Waals surface area contributed by atoms with Crippen molar-refractivity contribution in [1.82, 2.24) is 0 Å². The standard InChI is InChI=1S/C5H11N3/c6-3-1-2-4-8-5-7/h7H,1-4,6H2. The number of rotatable bonds is 4. The lowest BCUT2D eigenvalue weighted by atomic mass is 10.3. The number of hydrogen-bond donors (Lipinski definition) is 2. The molecule has 0 aromatic carbocycles. The molecule has 0 spiro atoms. The quantitative estimate of drug-likeness (QED) is 0.404. The minimum Gasteiger partial charge on any atom is -0.330 e. The highest BCUT2D eigenvalue weighted by atomic mass is 14.7. The molecule has 0 aromatic heterocycles. The first-order valence-corrected chi connectivity index (χ1v) is 2.70. The molecule has 0 aliphatic heterocycles. The van der Waals surface area contributed by atoms with Crippen molar-refractivity contribution in [2.75, 3.05) is 13.1 Å². The van der Waals surface area contributed by atoms with Crippen LogP contribution in [0.5, 0.6) is 0 Å². The number of aliphatic imine (C=N–C) groups is 1. The van der Waals surface area contributed by atoms with E-state index >= 15 is 0 Å². The number of nitrogens with two attached hydrogens (primary N) is 1. The molecule has 0 saturated carbocycles. The zero-order chi connectivity index (χ0) is 6.24. The van der Waals surface area contributed by atoms with Crippen molar-refractivity contribution in [1.29, 1.82) is 5.41 Å². The Hall–Kier alpha value is -0.660. The van der Waals surface area contributed by atoms with Gasteiger partial charge in [-0.25, -0.2) is 10.4 Å². The molecule has 8 heavy (non-hydrogen) atoms. The van der Waals surface area contributed by atoms with E-state index in [4.69, 9.17) is 11.1 Å². The first kappa shape index (κ1) is 7.34. The van der Waals surface area contributed by atoms with Crippen LogP contribution in [0.4, 0.5) is 0 Å². The number of unbranched alkanes of at least 4 members (excludes halogenated alkanes) is 1. The van der Waals surface area contributed by atoms with Crippen molar-refractivity contribution < 1.29 is 0 Å². The summed E-state index contributed by atoms with van der Waals surface area (Å²) in [5, 5.41) is 6.39. The molecule has 0 fully saturated rings. The van der Waals surface area contributed by atoms with Crippen LogP contribution in [0.3, 0.4) is 0 Å². The van der Waals surface area contributed by atoms with E-state index in [0.29, 0.717) is 13.1 Å². The van der Waals surface area contributed by atoms with E-state index < -0.39 is 0 Å². The highest BCUT2D eigenvalue weighted by molar-refractivity contribution is 5.35. The fourth-order valence-corrected chi connectivity index (χ4v) is 0.391. The van der Waals surface area contributed by atoms with Crippen molar-refractivity contribution in [2.24, 2.45) is 10.7 Å². The van der Waals surface area contributed by atoms with Gasteiger partial charge in [-0.05, 0) is 19.4 Å². The van der Waals surface area contributed by atoms with E-state index in [2.05, 4.69) is 4.99 Å². The van der Waals surface area contributed by atoms with Crippen molar-refractivity contribution in [3.63, 3.8) is 0 Å². The molecule has 0 saturated heterocycles. The Balaban J connectivity index is 2.82. The van der Waals surface area contributed by atoms with Gasteiger partial charge in [-0.1, -0.05) is 0 Å². The lowest BCUT2D eigenvalue weighted by Gasteiger charge is -1.87. The Kier molecular flexibility index (Phi) is 5.82. The Morgan fingerprint density at radius 3 is 2.75 bits per heavy atom. The molecule has 0 aromatic rings. The summed E-state index contributed by atoms with van der Waals surface area (Å²) in [6, 6.07) is 1.96. The Morgan fingerprint density at radius 1 is 1.50 bits per heavy atom. The van der Waals surface area contributed by atoms with E-state index in [1.807, 2.05) is 6.01 Å².